The van der Waals surface area contributed by atoms with Gasteiger partial charge in [0.25, 0.3) is 0 Å². The normalized spacial score (nSPS) is 11.5. The van der Waals surface area contributed by atoms with Crippen LogP contribution in [-0.2, 0) is 10.3 Å². The first-order valence-electron chi connectivity index (χ1n) is 5.31. The van der Waals surface area contributed by atoms with Gasteiger partial charge in [0.1, 0.15) is 0 Å². The lowest BCUT2D eigenvalue weighted by molar-refractivity contribution is -0.125. The standard InChI is InChI=1S/C13H19NO/c1-10(2)12(15)14-13(3,4)11-8-6-5-7-9-11/h5-10H,1-4H3,(H,14,15). The van der Waals surface area contributed by atoms with Crippen molar-refractivity contribution in [1.82, 2.24) is 5.32 Å². The van der Waals surface area contributed by atoms with E-state index in [1.165, 1.54) is 0 Å². The molecule has 0 aliphatic rings. The number of carbonyl (C=O) groups excluding carboxylic acids is 1. The maximum absolute atomic E-state index is 11.6. The molecule has 82 valence electrons. The van der Waals surface area contributed by atoms with Crippen LogP contribution < -0.4 is 5.32 Å². The summed E-state index contributed by atoms with van der Waals surface area (Å²) in [6.07, 6.45) is 0. The lowest BCUT2D eigenvalue weighted by atomic mass is 9.93. The van der Waals surface area contributed by atoms with Crippen LogP contribution in [0.15, 0.2) is 30.3 Å². The third-order valence-corrected chi connectivity index (χ3v) is 2.46. The first kappa shape index (κ1) is 11.8. The van der Waals surface area contributed by atoms with Crippen LogP contribution >= 0.6 is 0 Å². The van der Waals surface area contributed by atoms with Crippen LogP contribution in [0.1, 0.15) is 33.3 Å². The molecular formula is C13H19NO. The largest absolute Gasteiger partial charge is 0.347 e. The van der Waals surface area contributed by atoms with Gasteiger partial charge in [-0.15, -0.1) is 0 Å². The zero-order chi connectivity index (χ0) is 11.5. The van der Waals surface area contributed by atoms with Crippen molar-refractivity contribution in [2.24, 2.45) is 5.92 Å². The molecule has 0 aliphatic heterocycles. The van der Waals surface area contributed by atoms with E-state index >= 15 is 0 Å². The number of hydrogen-bond acceptors (Lipinski definition) is 1. The lowest BCUT2D eigenvalue weighted by Gasteiger charge is -2.27. The molecule has 15 heavy (non-hydrogen) atoms. The molecule has 0 saturated carbocycles. The second kappa shape index (κ2) is 4.47. The van der Waals surface area contributed by atoms with Gasteiger partial charge in [-0.25, -0.2) is 0 Å². The van der Waals surface area contributed by atoms with Crippen molar-refractivity contribution in [2.45, 2.75) is 33.2 Å². The predicted molar refractivity (Wildman–Crippen MR) is 62.4 cm³/mol. The second-order valence-electron chi connectivity index (χ2n) is 4.63. The Hall–Kier alpha value is -1.31. The highest BCUT2D eigenvalue weighted by molar-refractivity contribution is 5.78. The van der Waals surface area contributed by atoms with Crippen LogP contribution in [0.4, 0.5) is 0 Å². The zero-order valence-electron chi connectivity index (χ0n) is 9.87. The Morgan fingerprint density at radius 1 is 1.20 bits per heavy atom. The molecule has 0 fully saturated rings. The first-order valence-corrected chi connectivity index (χ1v) is 5.31. The Morgan fingerprint density at radius 3 is 2.20 bits per heavy atom. The summed E-state index contributed by atoms with van der Waals surface area (Å²) < 4.78 is 0. The summed E-state index contributed by atoms with van der Waals surface area (Å²) in [5, 5.41) is 3.03. The molecule has 0 heterocycles. The molecule has 0 radical (unpaired) electrons. The zero-order valence-corrected chi connectivity index (χ0v) is 9.87. The summed E-state index contributed by atoms with van der Waals surface area (Å²) in [5.41, 5.74) is 0.821. The van der Waals surface area contributed by atoms with Crippen molar-refractivity contribution in [3.05, 3.63) is 35.9 Å². The van der Waals surface area contributed by atoms with Gasteiger partial charge in [-0.3, -0.25) is 4.79 Å². The number of carbonyl (C=O) groups is 1. The van der Waals surface area contributed by atoms with Gasteiger partial charge in [0.15, 0.2) is 0 Å². The molecule has 0 saturated heterocycles. The molecule has 1 rings (SSSR count). The van der Waals surface area contributed by atoms with Crippen molar-refractivity contribution in [3.63, 3.8) is 0 Å². The summed E-state index contributed by atoms with van der Waals surface area (Å²) >= 11 is 0. The molecule has 0 unspecified atom stereocenters. The van der Waals surface area contributed by atoms with Gasteiger partial charge >= 0.3 is 0 Å². The minimum Gasteiger partial charge on any atom is -0.347 e. The summed E-state index contributed by atoms with van der Waals surface area (Å²) in [4.78, 5) is 11.6. The Morgan fingerprint density at radius 2 is 1.73 bits per heavy atom. The van der Waals surface area contributed by atoms with Crippen LogP contribution in [0.3, 0.4) is 0 Å². The van der Waals surface area contributed by atoms with Gasteiger partial charge in [0, 0.05) is 5.92 Å². The van der Waals surface area contributed by atoms with Gasteiger partial charge in [-0.05, 0) is 19.4 Å². The lowest BCUT2D eigenvalue weighted by Crippen LogP contribution is -2.42. The Balaban J connectivity index is 2.80. The molecule has 1 N–H and O–H groups in total. The highest BCUT2D eigenvalue weighted by atomic mass is 16.2. The second-order valence-corrected chi connectivity index (χ2v) is 4.63. The van der Waals surface area contributed by atoms with Crippen molar-refractivity contribution in [1.29, 1.82) is 0 Å². The summed E-state index contributed by atoms with van der Waals surface area (Å²) in [7, 11) is 0. The molecule has 1 aromatic carbocycles. The monoisotopic (exact) mass is 205 g/mol. The third-order valence-electron chi connectivity index (χ3n) is 2.46. The molecule has 2 heteroatoms. The van der Waals surface area contributed by atoms with Gasteiger partial charge in [0.05, 0.1) is 5.54 Å². The summed E-state index contributed by atoms with van der Waals surface area (Å²) in [6, 6.07) is 10.0. The van der Waals surface area contributed by atoms with Crippen molar-refractivity contribution in [3.8, 4) is 0 Å². The van der Waals surface area contributed by atoms with Gasteiger partial charge < -0.3 is 5.32 Å². The minimum atomic E-state index is -0.303. The van der Waals surface area contributed by atoms with E-state index in [1.807, 2.05) is 58.0 Å². The molecule has 0 aliphatic carbocycles. The van der Waals surface area contributed by atoms with Gasteiger partial charge in [-0.2, -0.15) is 0 Å². The van der Waals surface area contributed by atoms with Crippen LogP contribution in [0.25, 0.3) is 0 Å². The Labute approximate surface area is 91.7 Å². The van der Waals surface area contributed by atoms with E-state index in [0.29, 0.717) is 0 Å². The quantitative estimate of drug-likeness (QED) is 0.807. The number of rotatable bonds is 3. The summed E-state index contributed by atoms with van der Waals surface area (Å²) in [5.74, 6) is 0.108. The van der Waals surface area contributed by atoms with Crippen LogP contribution in [-0.4, -0.2) is 5.91 Å². The SMILES string of the molecule is CC(C)C(=O)NC(C)(C)c1ccccc1. The number of benzene rings is 1. The van der Waals surface area contributed by atoms with Crippen LogP contribution in [0, 0.1) is 5.92 Å². The van der Waals surface area contributed by atoms with E-state index in [9.17, 15) is 4.79 Å². The van der Waals surface area contributed by atoms with Crippen molar-refractivity contribution >= 4 is 5.91 Å². The van der Waals surface area contributed by atoms with Crippen molar-refractivity contribution in [2.75, 3.05) is 0 Å². The molecule has 0 aromatic heterocycles. The predicted octanol–water partition coefficient (Wildman–Crippen LogP) is 2.69. The van der Waals surface area contributed by atoms with E-state index in [4.69, 9.17) is 0 Å². The maximum atomic E-state index is 11.6. The molecule has 1 amide bonds. The average molecular weight is 205 g/mol. The van der Waals surface area contributed by atoms with Gasteiger partial charge in [0.2, 0.25) is 5.91 Å². The Bertz CT molecular complexity index is 328. The Kier molecular flexibility index (Phi) is 3.51. The summed E-state index contributed by atoms with van der Waals surface area (Å²) in [6.45, 7) is 7.83. The van der Waals surface area contributed by atoms with E-state index in [-0.39, 0.29) is 17.4 Å². The van der Waals surface area contributed by atoms with Crippen molar-refractivity contribution < 1.29 is 4.79 Å². The molecule has 2 nitrogen and oxygen atoms in total. The van der Waals surface area contributed by atoms with E-state index in [2.05, 4.69) is 5.32 Å². The first-order chi connectivity index (χ1) is 6.93. The van der Waals surface area contributed by atoms with E-state index in [0.717, 1.165) is 5.56 Å². The van der Waals surface area contributed by atoms with E-state index in [1.54, 1.807) is 0 Å². The highest BCUT2D eigenvalue weighted by Crippen LogP contribution is 2.19. The molecule has 0 atom stereocenters. The smallest absolute Gasteiger partial charge is 0.223 e. The molecule has 0 spiro atoms. The third kappa shape index (κ3) is 3.08. The fourth-order valence-corrected chi connectivity index (χ4v) is 1.38. The van der Waals surface area contributed by atoms with E-state index < -0.39 is 0 Å². The fraction of sp³-hybridized carbons (Fsp3) is 0.462. The molecule has 1 aromatic rings. The average Bonchev–Trinajstić information content (AvgIpc) is 2.18. The maximum Gasteiger partial charge on any atom is 0.223 e. The number of amides is 1. The highest BCUT2D eigenvalue weighted by Gasteiger charge is 2.23. The van der Waals surface area contributed by atoms with Crippen LogP contribution in [0.2, 0.25) is 0 Å². The number of hydrogen-bond donors (Lipinski definition) is 1. The molecular weight excluding hydrogens is 186 g/mol. The van der Waals surface area contributed by atoms with Crippen LogP contribution in [0.5, 0.6) is 0 Å². The van der Waals surface area contributed by atoms with Gasteiger partial charge in [-0.1, -0.05) is 44.2 Å². The molecule has 0 bridgehead atoms. The fourth-order valence-electron chi connectivity index (χ4n) is 1.38. The minimum absolute atomic E-state index is 0.0213. The number of nitrogens with one attached hydrogen (secondary N) is 1. The topological polar surface area (TPSA) is 29.1 Å².